The van der Waals surface area contributed by atoms with Crippen molar-refractivity contribution >= 4 is 11.9 Å². The SMILES string of the molecule is NC(=O)NC(=O)CN1CCC[C@H](O)C1. The summed E-state index contributed by atoms with van der Waals surface area (Å²) in [4.78, 5) is 23.2. The molecule has 1 aliphatic heterocycles. The van der Waals surface area contributed by atoms with E-state index in [0.29, 0.717) is 6.54 Å². The lowest BCUT2D eigenvalue weighted by Gasteiger charge is -2.28. The summed E-state index contributed by atoms with van der Waals surface area (Å²) in [5.41, 5.74) is 4.79. The number of aliphatic hydroxyl groups excluding tert-OH is 1. The van der Waals surface area contributed by atoms with Gasteiger partial charge in [0.1, 0.15) is 0 Å². The molecule has 6 nitrogen and oxygen atoms in total. The Balaban J connectivity index is 2.28. The second-order valence-electron chi connectivity index (χ2n) is 3.44. The zero-order valence-corrected chi connectivity index (χ0v) is 7.90. The molecule has 6 heteroatoms. The van der Waals surface area contributed by atoms with Crippen molar-refractivity contribution in [2.24, 2.45) is 5.73 Å². The zero-order valence-electron chi connectivity index (χ0n) is 7.90. The molecular weight excluding hydrogens is 186 g/mol. The summed E-state index contributed by atoms with van der Waals surface area (Å²) in [6, 6.07) is -0.840. The lowest BCUT2D eigenvalue weighted by atomic mass is 10.1. The van der Waals surface area contributed by atoms with E-state index >= 15 is 0 Å². The Hall–Kier alpha value is -1.14. The van der Waals surface area contributed by atoms with E-state index in [1.54, 1.807) is 4.90 Å². The minimum Gasteiger partial charge on any atom is -0.392 e. The highest BCUT2D eigenvalue weighted by atomic mass is 16.3. The largest absolute Gasteiger partial charge is 0.392 e. The Kier molecular flexibility index (Phi) is 3.84. The molecule has 0 aromatic heterocycles. The second-order valence-corrected chi connectivity index (χ2v) is 3.44. The first kappa shape index (κ1) is 10.9. The van der Waals surface area contributed by atoms with Crippen LogP contribution in [0.4, 0.5) is 4.79 Å². The average Bonchev–Trinajstić information content (AvgIpc) is 2.01. The van der Waals surface area contributed by atoms with Gasteiger partial charge in [-0.1, -0.05) is 0 Å². The van der Waals surface area contributed by atoms with E-state index in [-0.39, 0.29) is 12.6 Å². The van der Waals surface area contributed by atoms with Crippen LogP contribution in [0, 0.1) is 0 Å². The van der Waals surface area contributed by atoms with E-state index in [1.165, 1.54) is 0 Å². The highest BCUT2D eigenvalue weighted by Crippen LogP contribution is 2.08. The highest BCUT2D eigenvalue weighted by molar-refractivity contribution is 5.94. The lowest BCUT2D eigenvalue weighted by Crippen LogP contribution is -2.46. The van der Waals surface area contributed by atoms with Gasteiger partial charge >= 0.3 is 6.03 Å². The number of nitrogens with zero attached hydrogens (tertiary/aromatic N) is 1. The third-order valence-corrected chi connectivity index (χ3v) is 2.11. The van der Waals surface area contributed by atoms with E-state index < -0.39 is 11.9 Å². The molecule has 0 bridgehead atoms. The van der Waals surface area contributed by atoms with Crippen LogP contribution in [-0.4, -0.2) is 47.7 Å². The number of primary amides is 1. The maximum atomic E-state index is 11.1. The molecule has 3 amide bonds. The molecule has 0 aromatic rings. The summed E-state index contributed by atoms with van der Waals surface area (Å²) < 4.78 is 0. The van der Waals surface area contributed by atoms with Gasteiger partial charge in [0.2, 0.25) is 5.91 Å². The number of hydrogen-bond acceptors (Lipinski definition) is 4. The van der Waals surface area contributed by atoms with Crippen LogP contribution in [0.2, 0.25) is 0 Å². The molecule has 80 valence electrons. The van der Waals surface area contributed by atoms with Crippen LogP contribution in [0.5, 0.6) is 0 Å². The molecular formula is C8H15N3O3. The number of carbonyl (C=O) groups is 2. The van der Waals surface area contributed by atoms with Crippen molar-refractivity contribution in [3.8, 4) is 0 Å². The molecule has 0 aromatic carbocycles. The Morgan fingerprint density at radius 3 is 2.86 bits per heavy atom. The molecule has 0 aliphatic carbocycles. The topological polar surface area (TPSA) is 95.7 Å². The van der Waals surface area contributed by atoms with Crippen molar-refractivity contribution < 1.29 is 14.7 Å². The van der Waals surface area contributed by atoms with E-state index in [0.717, 1.165) is 19.4 Å². The van der Waals surface area contributed by atoms with Gasteiger partial charge in [0.15, 0.2) is 0 Å². The highest BCUT2D eigenvalue weighted by Gasteiger charge is 2.19. The maximum absolute atomic E-state index is 11.1. The molecule has 14 heavy (non-hydrogen) atoms. The van der Waals surface area contributed by atoms with Crippen molar-refractivity contribution in [1.82, 2.24) is 10.2 Å². The summed E-state index contributed by atoms with van der Waals surface area (Å²) in [5, 5.41) is 11.3. The van der Waals surface area contributed by atoms with Gasteiger partial charge in [-0.25, -0.2) is 4.79 Å². The second kappa shape index (κ2) is 4.92. The number of piperidine rings is 1. The van der Waals surface area contributed by atoms with Gasteiger partial charge < -0.3 is 10.8 Å². The number of aliphatic hydroxyl groups is 1. The summed E-state index contributed by atoms with van der Waals surface area (Å²) in [5.74, 6) is -0.424. The fourth-order valence-corrected chi connectivity index (χ4v) is 1.55. The van der Waals surface area contributed by atoms with Crippen molar-refractivity contribution in [2.45, 2.75) is 18.9 Å². The van der Waals surface area contributed by atoms with E-state index in [9.17, 15) is 14.7 Å². The van der Waals surface area contributed by atoms with Gasteiger partial charge in [0, 0.05) is 6.54 Å². The summed E-state index contributed by atoms with van der Waals surface area (Å²) in [7, 11) is 0. The fraction of sp³-hybridized carbons (Fsp3) is 0.750. The number of nitrogens with one attached hydrogen (secondary N) is 1. The monoisotopic (exact) mass is 201 g/mol. The molecule has 1 atom stereocenters. The summed E-state index contributed by atoms with van der Waals surface area (Å²) in [6.07, 6.45) is 1.27. The maximum Gasteiger partial charge on any atom is 0.318 e. The van der Waals surface area contributed by atoms with Crippen molar-refractivity contribution in [1.29, 1.82) is 0 Å². The number of β-amino-alcohol motifs (C(OH)–C–C–N with tert-alkyl or cyclic N) is 1. The predicted molar refractivity (Wildman–Crippen MR) is 49.4 cm³/mol. The third-order valence-electron chi connectivity index (χ3n) is 2.11. The number of hydrogen-bond donors (Lipinski definition) is 3. The van der Waals surface area contributed by atoms with Crippen LogP contribution in [-0.2, 0) is 4.79 Å². The van der Waals surface area contributed by atoms with Gasteiger partial charge in [-0.3, -0.25) is 15.0 Å². The van der Waals surface area contributed by atoms with E-state index in [1.807, 2.05) is 5.32 Å². The summed E-state index contributed by atoms with van der Waals surface area (Å²) >= 11 is 0. The molecule has 1 saturated heterocycles. The van der Waals surface area contributed by atoms with Crippen molar-refractivity contribution in [3.05, 3.63) is 0 Å². The van der Waals surface area contributed by atoms with Crippen LogP contribution in [0.3, 0.4) is 0 Å². The molecule has 0 radical (unpaired) electrons. The van der Waals surface area contributed by atoms with E-state index in [4.69, 9.17) is 5.73 Å². The van der Waals surface area contributed by atoms with Crippen LogP contribution < -0.4 is 11.1 Å². The smallest absolute Gasteiger partial charge is 0.318 e. The normalized spacial score (nSPS) is 23.1. The first-order chi connectivity index (χ1) is 6.58. The van der Waals surface area contributed by atoms with E-state index in [2.05, 4.69) is 0 Å². The van der Waals surface area contributed by atoms with Crippen LogP contribution >= 0.6 is 0 Å². The van der Waals surface area contributed by atoms with Crippen LogP contribution in [0.25, 0.3) is 0 Å². The van der Waals surface area contributed by atoms with Gasteiger partial charge in [0.25, 0.3) is 0 Å². The molecule has 1 aliphatic rings. The number of amides is 3. The molecule has 0 spiro atoms. The zero-order chi connectivity index (χ0) is 10.6. The third kappa shape index (κ3) is 3.71. The van der Waals surface area contributed by atoms with Gasteiger partial charge in [-0.05, 0) is 19.4 Å². The lowest BCUT2D eigenvalue weighted by molar-refractivity contribution is -0.121. The Bertz CT molecular complexity index is 232. The predicted octanol–water partition coefficient (Wildman–Crippen LogP) is -1.36. The van der Waals surface area contributed by atoms with Gasteiger partial charge in [-0.15, -0.1) is 0 Å². The Morgan fingerprint density at radius 2 is 2.29 bits per heavy atom. The quantitative estimate of drug-likeness (QED) is 0.514. The Labute approximate surface area is 82.1 Å². The van der Waals surface area contributed by atoms with Crippen molar-refractivity contribution in [3.63, 3.8) is 0 Å². The number of carbonyl (C=O) groups excluding carboxylic acids is 2. The van der Waals surface area contributed by atoms with Gasteiger partial charge in [-0.2, -0.15) is 0 Å². The number of rotatable bonds is 2. The number of likely N-dealkylation sites (tertiary alicyclic amines) is 1. The number of nitrogens with two attached hydrogens (primary N) is 1. The molecule has 0 unspecified atom stereocenters. The fourth-order valence-electron chi connectivity index (χ4n) is 1.55. The Morgan fingerprint density at radius 1 is 1.57 bits per heavy atom. The minimum atomic E-state index is -0.840. The molecule has 1 heterocycles. The van der Waals surface area contributed by atoms with Crippen LogP contribution in [0.1, 0.15) is 12.8 Å². The molecule has 4 N–H and O–H groups in total. The number of urea groups is 1. The first-order valence-corrected chi connectivity index (χ1v) is 4.57. The molecule has 1 fully saturated rings. The van der Waals surface area contributed by atoms with Crippen molar-refractivity contribution in [2.75, 3.05) is 19.6 Å². The number of imide groups is 1. The first-order valence-electron chi connectivity index (χ1n) is 4.57. The summed E-state index contributed by atoms with van der Waals surface area (Å²) in [6.45, 7) is 1.36. The standard InChI is InChI=1S/C8H15N3O3/c9-8(14)10-7(13)5-11-3-1-2-6(12)4-11/h6,12H,1-5H2,(H3,9,10,13,14)/t6-/m0/s1. The minimum absolute atomic E-state index is 0.111. The molecule has 1 rings (SSSR count). The molecule has 0 saturated carbocycles. The van der Waals surface area contributed by atoms with Gasteiger partial charge in [0.05, 0.1) is 12.6 Å². The van der Waals surface area contributed by atoms with Crippen LogP contribution in [0.15, 0.2) is 0 Å². The average molecular weight is 201 g/mol.